The molecule has 1 rings (SSSR count). The van der Waals surface area contributed by atoms with Crippen LogP contribution in [0.25, 0.3) is 0 Å². The number of carbonyl (C=O) groups is 1. The number of hydrogen-bond acceptors (Lipinski definition) is 4. The second kappa shape index (κ2) is 6.22. The summed E-state index contributed by atoms with van der Waals surface area (Å²) >= 11 is 5.75. The summed E-state index contributed by atoms with van der Waals surface area (Å²) in [5, 5.41) is 20.9. The van der Waals surface area contributed by atoms with Crippen molar-refractivity contribution in [1.82, 2.24) is 4.98 Å². The highest BCUT2D eigenvalue weighted by atomic mass is 35.5. The first-order valence-electron chi connectivity index (χ1n) is 5.50. The lowest BCUT2D eigenvalue weighted by Gasteiger charge is -2.17. The second-order valence-electron chi connectivity index (χ2n) is 4.30. The highest BCUT2D eigenvalue weighted by Gasteiger charge is 2.19. The quantitative estimate of drug-likeness (QED) is 0.856. The van der Waals surface area contributed by atoms with Crippen molar-refractivity contribution in [1.29, 1.82) is 5.26 Å². The Morgan fingerprint density at radius 1 is 1.61 bits per heavy atom. The van der Waals surface area contributed by atoms with Gasteiger partial charge in [0.25, 0.3) is 0 Å². The number of aromatic nitrogens is 1. The van der Waals surface area contributed by atoms with E-state index in [2.05, 4.69) is 10.3 Å². The number of nitrogens with zero attached hydrogens (tertiary/aromatic N) is 2. The van der Waals surface area contributed by atoms with E-state index >= 15 is 0 Å². The zero-order chi connectivity index (χ0) is 13.7. The van der Waals surface area contributed by atoms with Crippen LogP contribution in [0.5, 0.6) is 0 Å². The number of halogens is 1. The predicted octanol–water partition coefficient (Wildman–Crippen LogP) is 2.52. The lowest BCUT2D eigenvalue weighted by molar-refractivity contribution is -0.138. The summed E-state index contributed by atoms with van der Waals surface area (Å²) in [6.07, 6.45) is 0.474. The summed E-state index contributed by atoms with van der Waals surface area (Å²) < 4.78 is 0. The number of nitriles is 1. The Morgan fingerprint density at radius 2 is 2.28 bits per heavy atom. The monoisotopic (exact) mass is 267 g/mol. The van der Waals surface area contributed by atoms with Crippen LogP contribution in [0.15, 0.2) is 12.1 Å². The first-order valence-corrected chi connectivity index (χ1v) is 5.87. The van der Waals surface area contributed by atoms with Gasteiger partial charge in [-0.15, -0.1) is 0 Å². The van der Waals surface area contributed by atoms with Crippen molar-refractivity contribution in [3.8, 4) is 6.07 Å². The molecule has 0 saturated heterocycles. The molecule has 5 nitrogen and oxygen atoms in total. The first-order chi connectivity index (χ1) is 8.43. The molecule has 6 heteroatoms. The molecule has 0 fully saturated rings. The maximum Gasteiger partial charge on any atom is 0.326 e. The van der Waals surface area contributed by atoms with E-state index in [-0.39, 0.29) is 16.6 Å². The number of carboxylic acid groups (broad SMARTS) is 1. The number of anilines is 1. The molecule has 18 heavy (non-hydrogen) atoms. The standard InChI is InChI=1S/C12H14ClN3O2/c1-7(2)5-9(12(17)18)15-11-4-3-8(13)10(6-14)16-11/h3-4,7,9H,5H2,1-2H3,(H,15,16)(H,17,18)/t9-/m1/s1. The van der Waals surface area contributed by atoms with Gasteiger partial charge in [0, 0.05) is 0 Å². The number of rotatable bonds is 5. The molecule has 1 atom stereocenters. The van der Waals surface area contributed by atoms with Crippen molar-refractivity contribution in [3.63, 3.8) is 0 Å². The van der Waals surface area contributed by atoms with E-state index in [4.69, 9.17) is 22.0 Å². The van der Waals surface area contributed by atoms with Crippen molar-refractivity contribution >= 4 is 23.4 Å². The Balaban J connectivity index is 2.88. The normalized spacial score (nSPS) is 11.9. The molecule has 1 heterocycles. The number of hydrogen-bond donors (Lipinski definition) is 2. The maximum atomic E-state index is 11.1. The SMILES string of the molecule is CC(C)C[C@@H](Nc1ccc(Cl)c(C#N)n1)C(=O)O. The van der Waals surface area contributed by atoms with Crippen molar-refractivity contribution in [2.24, 2.45) is 5.92 Å². The highest BCUT2D eigenvalue weighted by molar-refractivity contribution is 6.31. The second-order valence-corrected chi connectivity index (χ2v) is 4.71. The fraction of sp³-hybridized carbons (Fsp3) is 0.417. The summed E-state index contributed by atoms with van der Waals surface area (Å²) in [5.74, 6) is -0.371. The van der Waals surface area contributed by atoms with E-state index in [1.54, 1.807) is 6.07 Å². The molecular formula is C12H14ClN3O2. The molecular weight excluding hydrogens is 254 g/mol. The van der Waals surface area contributed by atoms with Crippen molar-refractivity contribution in [3.05, 3.63) is 22.8 Å². The van der Waals surface area contributed by atoms with Crippen molar-refractivity contribution in [2.45, 2.75) is 26.3 Å². The van der Waals surface area contributed by atoms with Crippen LogP contribution in [0.3, 0.4) is 0 Å². The molecule has 0 aliphatic rings. The summed E-state index contributed by atoms with van der Waals surface area (Å²) in [4.78, 5) is 15.0. The molecule has 2 N–H and O–H groups in total. The molecule has 0 aromatic carbocycles. The van der Waals surface area contributed by atoms with Crippen LogP contribution in [0.1, 0.15) is 26.0 Å². The largest absolute Gasteiger partial charge is 0.480 e. The van der Waals surface area contributed by atoms with Crippen LogP contribution in [-0.4, -0.2) is 22.1 Å². The third kappa shape index (κ3) is 3.90. The van der Waals surface area contributed by atoms with Crippen molar-refractivity contribution < 1.29 is 9.90 Å². The summed E-state index contributed by atoms with van der Waals surface area (Å²) in [5.41, 5.74) is 0.0790. The van der Waals surface area contributed by atoms with Crippen LogP contribution in [0.4, 0.5) is 5.82 Å². The van der Waals surface area contributed by atoms with E-state index < -0.39 is 12.0 Å². The zero-order valence-electron chi connectivity index (χ0n) is 10.1. The highest BCUT2D eigenvalue weighted by Crippen LogP contribution is 2.17. The summed E-state index contributed by atoms with van der Waals surface area (Å²) in [6.45, 7) is 3.88. The number of pyridine rings is 1. The molecule has 0 saturated carbocycles. The molecule has 96 valence electrons. The molecule has 0 amide bonds. The zero-order valence-corrected chi connectivity index (χ0v) is 10.9. The molecule has 0 aliphatic heterocycles. The average molecular weight is 268 g/mol. The fourth-order valence-electron chi connectivity index (χ4n) is 1.47. The van der Waals surface area contributed by atoms with Gasteiger partial charge in [-0.1, -0.05) is 25.4 Å². The van der Waals surface area contributed by atoms with Gasteiger partial charge >= 0.3 is 5.97 Å². The predicted molar refractivity (Wildman–Crippen MR) is 68.5 cm³/mol. The smallest absolute Gasteiger partial charge is 0.326 e. The number of carboxylic acids is 1. The van der Waals surface area contributed by atoms with Gasteiger partial charge in [-0.3, -0.25) is 0 Å². The van der Waals surface area contributed by atoms with Crippen LogP contribution in [-0.2, 0) is 4.79 Å². The van der Waals surface area contributed by atoms with E-state index in [1.807, 2.05) is 19.9 Å². The number of aliphatic carboxylic acids is 1. The van der Waals surface area contributed by atoms with Gasteiger partial charge in [-0.05, 0) is 24.5 Å². The third-order valence-electron chi connectivity index (χ3n) is 2.28. The van der Waals surface area contributed by atoms with Gasteiger partial charge in [0.15, 0.2) is 5.69 Å². The minimum Gasteiger partial charge on any atom is -0.480 e. The number of nitrogens with one attached hydrogen (secondary N) is 1. The average Bonchev–Trinajstić information content (AvgIpc) is 2.29. The minimum absolute atomic E-state index is 0.0790. The molecule has 0 unspecified atom stereocenters. The summed E-state index contributed by atoms with van der Waals surface area (Å²) in [7, 11) is 0. The molecule has 0 bridgehead atoms. The van der Waals surface area contributed by atoms with Gasteiger partial charge in [-0.2, -0.15) is 5.26 Å². The summed E-state index contributed by atoms with van der Waals surface area (Å²) in [6, 6.07) is 4.19. The van der Waals surface area contributed by atoms with Gasteiger partial charge in [0.05, 0.1) is 5.02 Å². The van der Waals surface area contributed by atoms with Gasteiger partial charge in [-0.25, -0.2) is 9.78 Å². The van der Waals surface area contributed by atoms with Crippen LogP contribution < -0.4 is 5.32 Å². The topological polar surface area (TPSA) is 86.0 Å². The molecule has 0 spiro atoms. The Bertz CT molecular complexity index is 483. The molecule has 0 radical (unpaired) electrons. The maximum absolute atomic E-state index is 11.1. The van der Waals surface area contributed by atoms with E-state index in [0.717, 1.165) is 0 Å². The molecule has 1 aromatic heterocycles. The fourth-order valence-corrected chi connectivity index (χ4v) is 1.62. The lowest BCUT2D eigenvalue weighted by atomic mass is 10.0. The third-order valence-corrected chi connectivity index (χ3v) is 2.58. The Hall–Kier alpha value is -1.80. The van der Waals surface area contributed by atoms with Crippen molar-refractivity contribution in [2.75, 3.05) is 5.32 Å². The van der Waals surface area contributed by atoms with Gasteiger partial charge in [0.1, 0.15) is 17.9 Å². The lowest BCUT2D eigenvalue weighted by Crippen LogP contribution is -2.31. The van der Waals surface area contributed by atoms with Crippen LogP contribution in [0.2, 0.25) is 5.02 Å². The van der Waals surface area contributed by atoms with Crippen LogP contribution >= 0.6 is 11.6 Å². The molecule has 1 aromatic rings. The Morgan fingerprint density at radius 3 is 2.78 bits per heavy atom. The minimum atomic E-state index is -0.945. The van der Waals surface area contributed by atoms with Gasteiger partial charge in [0.2, 0.25) is 0 Å². The van der Waals surface area contributed by atoms with E-state index in [9.17, 15) is 4.79 Å². The van der Waals surface area contributed by atoms with E-state index in [0.29, 0.717) is 12.2 Å². The Kier molecular flexibility index (Phi) is 4.93. The van der Waals surface area contributed by atoms with Crippen LogP contribution in [0, 0.1) is 17.2 Å². The van der Waals surface area contributed by atoms with Gasteiger partial charge < -0.3 is 10.4 Å². The van der Waals surface area contributed by atoms with E-state index in [1.165, 1.54) is 6.07 Å². The molecule has 0 aliphatic carbocycles. The Labute approximate surface area is 110 Å². The first kappa shape index (κ1) is 14.3.